The minimum atomic E-state index is -0.0626. The molecule has 23 heavy (non-hydrogen) atoms. The van der Waals surface area contributed by atoms with E-state index in [1.54, 1.807) is 0 Å². The lowest BCUT2D eigenvalue weighted by Gasteiger charge is -2.10. The Bertz CT molecular complexity index is 865. The van der Waals surface area contributed by atoms with E-state index in [2.05, 4.69) is 10.3 Å². The molecular weight excluding hydrogens is 288 g/mol. The summed E-state index contributed by atoms with van der Waals surface area (Å²) in [4.78, 5) is 15.6. The van der Waals surface area contributed by atoms with E-state index in [1.807, 2.05) is 56.4 Å². The molecule has 1 aromatic heterocycles. The molecule has 4 nitrogen and oxygen atoms in total. The first kappa shape index (κ1) is 15.3. The van der Waals surface area contributed by atoms with Gasteiger partial charge in [0.15, 0.2) is 0 Å². The Labute approximate surface area is 135 Å². The highest BCUT2D eigenvalue weighted by molar-refractivity contribution is 5.97. The number of carbonyl (C=O) groups is 1. The summed E-state index contributed by atoms with van der Waals surface area (Å²) in [5.41, 5.74) is 5.71. The fraction of sp³-hybridized carbons (Fsp3) is 0.211. The highest BCUT2D eigenvalue weighted by Crippen LogP contribution is 2.23. The van der Waals surface area contributed by atoms with Crippen LogP contribution in [0.1, 0.15) is 22.3 Å². The van der Waals surface area contributed by atoms with Crippen LogP contribution in [0.5, 0.6) is 0 Å². The van der Waals surface area contributed by atoms with Crippen molar-refractivity contribution < 1.29 is 9.90 Å². The molecule has 0 spiro atoms. The highest BCUT2D eigenvalue weighted by atomic mass is 16.3. The van der Waals surface area contributed by atoms with Gasteiger partial charge in [0.1, 0.15) is 0 Å². The maximum absolute atomic E-state index is 12.4. The topological polar surface area (TPSA) is 65.1 Å². The minimum absolute atomic E-state index is 0.0369. The van der Waals surface area contributed by atoms with E-state index in [0.29, 0.717) is 6.42 Å². The SMILES string of the molecule is Cc1ccc(CO)cc1NC(=O)Cc1c[nH]c2cccc(C)c12. The zero-order valence-electron chi connectivity index (χ0n) is 13.3. The van der Waals surface area contributed by atoms with Crippen LogP contribution in [0.4, 0.5) is 5.69 Å². The number of carbonyl (C=O) groups excluding carboxylic acids is 1. The van der Waals surface area contributed by atoms with Crippen molar-refractivity contribution in [2.24, 2.45) is 0 Å². The number of nitrogens with one attached hydrogen (secondary N) is 2. The number of benzene rings is 2. The van der Waals surface area contributed by atoms with Gasteiger partial charge in [0.25, 0.3) is 0 Å². The van der Waals surface area contributed by atoms with E-state index in [0.717, 1.165) is 38.8 Å². The number of aliphatic hydroxyl groups is 1. The average Bonchev–Trinajstić information content (AvgIpc) is 2.94. The number of H-pyrrole nitrogens is 1. The summed E-state index contributed by atoms with van der Waals surface area (Å²) in [5.74, 6) is -0.0626. The number of aliphatic hydroxyl groups excluding tert-OH is 1. The molecule has 0 radical (unpaired) electrons. The minimum Gasteiger partial charge on any atom is -0.392 e. The van der Waals surface area contributed by atoms with Crippen molar-refractivity contribution in [2.45, 2.75) is 26.9 Å². The molecule has 1 amide bonds. The molecular formula is C19H20N2O2. The molecule has 0 bridgehead atoms. The quantitative estimate of drug-likeness (QED) is 0.691. The van der Waals surface area contributed by atoms with Crippen LogP contribution in [0.25, 0.3) is 10.9 Å². The molecule has 3 N–H and O–H groups in total. The van der Waals surface area contributed by atoms with Gasteiger partial charge in [-0.25, -0.2) is 0 Å². The summed E-state index contributed by atoms with van der Waals surface area (Å²) in [6, 6.07) is 11.6. The van der Waals surface area contributed by atoms with Gasteiger partial charge in [-0.05, 0) is 48.2 Å². The lowest BCUT2D eigenvalue weighted by molar-refractivity contribution is -0.115. The molecule has 1 heterocycles. The molecule has 4 heteroatoms. The van der Waals surface area contributed by atoms with Gasteiger partial charge in [-0.2, -0.15) is 0 Å². The number of rotatable bonds is 4. The van der Waals surface area contributed by atoms with Crippen LogP contribution >= 0.6 is 0 Å². The van der Waals surface area contributed by atoms with E-state index < -0.39 is 0 Å². The van der Waals surface area contributed by atoms with E-state index >= 15 is 0 Å². The van der Waals surface area contributed by atoms with Crippen molar-refractivity contribution in [1.29, 1.82) is 0 Å². The number of aromatic nitrogens is 1. The predicted molar refractivity (Wildman–Crippen MR) is 92.5 cm³/mol. The molecule has 0 aliphatic rings. The predicted octanol–water partition coefficient (Wildman–Crippen LogP) is 3.46. The number of aromatic amines is 1. The maximum atomic E-state index is 12.4. The first-order chi connectivity index (χ1) is 11.1. The molecule has 2 aromatic carbocycles. The fourth-order valence-corrected chi connectivity index (χ4v) is 2.86. The second-order valence-electron chi connectivity index (χ2n) is 5.84. The number of aryl methyl sites for hydroxylation is 2. The van der Waals surface area contributed by atoms with Gasteiger partial charge in [-0.15, -0.1) is 0 Å². The molecule has 0 unspecified atom stereocenters. The number of amides is 1. The number of hydrogen-bond donors (Lipinski definition) is 3. The molecule has 0 fully saturated rings. The lowest BCUT2D eigenvalue weighted by Crippen LogP contribution is -2.15. The standard InChI is InChI=1S/C19H20N2O2/c1-12-6-7-14(11-22)8-17(12)21-18(23)9-15-10-20-16-5-3-4-13(2)19(15)16/h3-8,10,20,22H,9,11H2,1-2H3,(H,21,23). The van der Waals surface area contributed by atoms with Gasteiger partial charge in [-0.3, -0.25) is 4.79 Å². The van der Waals surface area contributed by atoms with Gasteiger partial charge in [0.05, 0.1) is 13.0 Å². The fourth-order valence-electron chi connectivity index (χ4n) is 2.86. The van der Waals surface area contributed by atoms with Crippen LogP contribution in [0, 0.1) is 13.8 Å². The van der Waals surface area contributed by atoms with Crippen LogP contribution in [0.3, 0.4) is 0 Å². The highest BCUT2D eigenvalue weighted by Gasteiger charge is 2.11. The Kier molecular flexibility index (Phi) is 4.17. The Morgan fingerprint density at radius 2 is 2.00 bits per heavy atom. The molecule has 118 valence electrons. The lowest BCUT2D eigenvalue weighted by atomic mass is 10.0. The first-order valence-corrected chi connectivity index (χ1v) is 7.64. The van der Waals surface area contributed by atoms with Gasteiger partial charge >= 0.3 is 0 Å². The zero-order chi connectivity index (χ0) is 16.4. The van der Waals surface area contributed by atoms with Gasteiger partial charge in [0.2, 0.25) is 5.91 Å². The van der Waals surface area contributed by atoms with Gasteiger partial charge in [-0.1, -0.05) is 24.3 Å². The third-order valence-corrected chi connectivity index (χ3v) is 4.11. The van der Waals surface area contributed by atoms with Crippen LogP contribution < -0.4 is 5.32 Å². The largest absolute Gasteiger partial charge is 0.392 e. The van der Waals surface area contributed by atoms with Crippen molar-refractivity contribution in [3.05, 3.63) is 64.8 Å². The molecule has 0 atom stereocenters. The summed E-state index contributed by atoms with van der Waals surface area (Å²) in [7, 11) is 0. The summed E-state index contributed by atoms with van der Waals surface area (Å²) >= 11 is 0. The summed E-state index contributed by atoms with van der Waals surface area (Å²) in [6.07, 6.45) is 2.21. The van der Waals surface area contributed by atoms with Crippen molar-refractivity contribution in [3.63, 3.8) is 0 Å². The van der Waals surface area contributed by atoms with Crippen LogP contribution in [0.2, 0.25) is 0 Å². The van der Waals surface area contributed by atoms with E-state index in [-0.39, 0.29) is 12.5 Å². The molecule has 0 aliphatic carbocycles. The number of hydrogen-bond acceptors (Lipinski definition) is 2. The smallest absolute Gasteiger partial charge is 0.228 e. The molecule has 0 saturated carbocycles. The van der Waals surface area contributed by atoms with Crippen molar-refractivity contribution >= 4 is 22.5 Å². The van der Waals surface area contributed by atoms with Crippen molar-refractivity contribution in [3.8, 4) is 0 Å². The Hall–Kier alpha value is -2.59. The van der Waals surface area contributed by atoms with Crippen LogP contribution in [-0.4, -0.2) is 16.0 Å². The van der Waals surface area contributed by atoms with E-state index in [4.69, 9.17) is 0 Å². The van der Waals surface area contributed by atoms with Crippen LogP contribution in [0.15, 0.2) is 42.6 Å². The average molecular weight is 308 g/mol. The van der Waals surface area contributed by atoms with Crippen molar-refractivity contribution in [2.75, 3.05) is 5.32 Å². The Balaban J connectivity index is 1.82. The second kappa shape index (κ2) is 6.26. The third-order valence-electron chi connectivity index (χ3n) is 4.11. The van der Waals surface area contributed by atoms with Gasteiger partial charge in [0, 0.05) is 22.8 Å². The monoisotopic (exact) mass is 308 g/mol. The first-order valence-electron chi connectivity index (χ1n) is 7.64. The number of fused-ring (bicyclic) bond motifs is 1. The zero-order valence-corrected chi connectivity index (χ0v) is 13.3. The Morgan fingerprint density at radius 3 is 2.78 bits per heavy atom. The Morgan fingerprint density at radius 1 is 1.17 bits per heavy atom. The second-order valence-corrected chi connectivity index (χ2v) is 5.84. The molecule has 3 rings (SSSR count). The normalized spacial score (nSPS) is 10.9. The van der Waals surface area contributed by atoms with E-state index in [1.165, 1.54) is 0 Å². The summed E-state index contributed by atoms with van der Waals surface area (Å²) < 4.78 is 0. The molecule has 0 aliphatic heterocycles. The van der Waals surface area contributed by atoms with Gasteiger partial charge < -0.3 is 15.4 Å². The third kappa shape index (κ3) is 3.12. The summed E-state index contributed by atoms with van der Waals surface area (Å²) in [6.45, 7) is 3.95. The maximum Gasteiger partial charge on any atom is 0.228 e. The number of anilines is 1. The van der Waals surface area contributed by atoms with E-state index in [9.17, 15) is 9.90 Å². The summed E-state index contributed by atoms with van der Waals surface area (Å²) in [5, 5.41) is 13.3. The molecule has 0 saturated heterocycles. The van der Waals surface area contributed by atoms with Crippen molar-refractivity contribution in [1.82, 2.24) is 4.98 Å². The molecule has 3 aromatic rings. The van der Waals surface area contributed by atoms with Crippen LogP contribution in [-0.2, 0) is 17.8 Å².